The predicted molar refractivity (Wildman–Crippen MR) is 90.2 cm³/mol. The van der Waals surface area contributed by atoms with Crippen molar-refractivity contribution in [2.75, 3.05) is 7.11 Å². The number of benzene rings is 1. The van der Waals surface area contributed by atoms with Gasteiger partial charge in [-0.2, -0.15) is 0 Å². The largest absolute Gasteiger partial charge is 0.444 e. The summed E-state index contributed by atoms with van der Waals surface area (Å²) in [6, 6.07) is 6.69. The number of carbonyl (C=O) groups excluding carboxylic acids is 2. The van der Waals surface area contributed by atoms with Gasteiger partial charge in [0.1, 0.15) is 11.6 Å². The molecule has 2 amide bonds. The number of aromatic nitrogens is 1. The molecule has 7 nitrogen and oxygen atoms in total. The summed E-state index contributed by atoms with van der Waals surface area (Å²) in [5.74, 6) is -0.486. The third kappa shape index (κ3) is 4.05. The quantitative estimate of drug-likeness (QED) is 0.842. The maximum absolute atomic E-state index is 12.4. The molecule has 2 aromatic rings. The van der Waals surface area contributed by atoms with Crippen LogP contribution in [0, 0.1) is 0 Å². The van der Waals surface area contributed by atoms with E-state index < -0.39 is 23.6 Å². The van der Waals surface area contributed by atoms with Gasteiger partial charge in [0.25, 0.3) is 5.91 Å². The first-order chi connectivity index (χ1) is 11.2. The molecule has 1 aromatic carbocycles. The minimum absolute atomic E-state index is 0.486. The Morgan fingerprint density at radius 1 is 1.21 bits per heavy atom. The van der Waals surface area contributed by atoms with E-state index in [1.54, 1.807) is 20.8 Å². The minimum atomic E-state index is -0.939. The summed E-state index contributed by atoms with van der Waals surface area (Å²) >= 11 is 0. The second kappa shape index (κ2) is 6.92. The van der Waals surface area contributed by atoms with Crippen LogP contribution in [0.5, 0.6) is 0 Å². The molecule has 130 valence electrons. The van der Waals surface area contributed by atoms with Crippen LogP contribution in [0.1, 0.15) is 32.4 Å². The van der Waals surface area contributed by atoms with Gasteiger partial charge < -0.3 is 14.6 Å². The average Bonchev–Trinajstić information content (AvgIpc) is 2.81. The van der Waals surface area contributed by atoms with Crippen molar-refractivity contribution in [3.05, 3.63) is 36.0 Å². The normalized spacial score (nSPS) is 12.7. The number of ether oxygens (including phenoxy) is 1. The zero-order valence-corrected chi connectivity index (χ0v) is 14.5. The molecule has 0 fully saturated rings. The highest BCUT2D eigenvalue weighted by Crippen LogP contribution is 2.26. The van der Waals surface area contributed by atoms with Crippen LogP contribution in [0.2, 0.25) is 0 Å². The molecule has 0 spiro atoms. The van der Waals surface area contributed by atoms with Crippen LogP contribution in [0.4, 0.5) is 4.79 Å². The van der Waals surface area contributed by atoms with Crippen molar-refractivity contribution in [2.45, 2.75) is 32.4 Å². The van der Waals surface area contributed by atoms with Gasteiger partial charge in [-0.3, -0.25) is 9.63 Å². The lowest BCUT2D eigenvalue weighted by molar-refractivity contribution is -0.133. The van der Waals surface area contributed by atoms with E-state index in [2.05, 4.69) is 10.8 Å². The van der Waals surface area contributed by atoms with Crippen molar-refractivity contribution in [1.82, 2.24) is 15.4 Å². The lowest BCUT2D eigenvalue weighted by Crippen LogP contribution is -2.42. The number of hydroxylamine groups is 1. The number of aryl methyl sites for hydroxylation is 1. The van der Waals surface area contributed by atoms with Crippen molar-refractivity contribution in [3.63, 3.8) is 0 Å². The fourth-order valence-electron chi connectivity index (χ4n) is 2.47. The van der Waals surface area contributed by atoms with Crippen molar-refractivity contribution in [2.24, 2.45) is 7.05 Å². The standard InChI is InChI=1S/C17H23N3O4/c1-17(2,3)24-16(22)18-14(15(21)19-23-5)12-10-20(4)13-9-7-6-8-11(12)13/h6-10,14H,1-5H3,(H,18,22)(H,19,21)/t14-/m0/s1. The Labute approximate surface area is 140 Å². The van der Waals surface area contributed by atoms with Crippen molar-refractivity contribution >= 4 is 22.9 Å². The Kier molecular flexibility index (Phi) is 5.14. The van der Waals surface area contributed by atoms with Crippen LogP contribution >= 0.6 is 0 Å². The van der Waals surface area contributed by atoms with Gasteiger partial charge in [0.05, 0.1) is 7.11 Å². The maximum Gasteiger partial charge on any atom is 0.408 e. The molecule has 2 N–H and O–H groups in total. The van der Waals surface area contributed by atoms with Crippen molar-refractivity contribution in [3.8, 4) is 0 Å². The number of hydrogen-bond donors (Lipinski definition) is 2. The number of nitrogens with one attached hydrogen (secondary N) is 2. The number of amides is 2. The smallest absolute Gasteiger partial charge is 0.408 e. The maximum atomic E-state index is 12.4. The van der Waals surface area contributed by atoms with Gasteiger partial charge in [0.15, 0.2) is 0 Å². The first-order valence-corrected chi connectivity index (χ1v) is 7.59. The van der Waals surface area contributed by atoms with E-state index in [0.717, 1.165) is 10.9 Å². The van der Waals surface area contributed by atoms with E-state index in [0.29, 0.717) is 5.56 Å². The number of rotatable bonds is 4. The third-order valence-electron chi connectivity index (χ3n) is 3.36. The summed E-state index contributed by atoms with van der Waals surface area (Å²) in [6.45, 7) is 5.28. The Balaban J connectivity index is 2.38. The number of para-hydroxylation sites is 1. The highest BCUT2D eigenvalue weighted by Gasteiger charge is 2.28. The van der Waals surface area contributed by atoms with Gasteiger partial charge in [-0.1, -0.05) is 18.2 Å². The van der Waals surface area contributed by atoms with E-state index in [9.17, 15) is 9.59 Å². The molecule has 0 radical (unpaired) electrons. The van der Waals surface area contributed by atoms with E-state index in [1.165, 1.54) is 7.11 Å². The monoisotopic (exact) mass is 333 g/mol. The van der Waals surface area contributed by atoms with Gasteiger partial charge in [-0.05, 0) is 26.8 Å². The van der Waals surface area contributed by atoms with Crippen LogP contribution in [0.3, 0.4) is 0 Å². The minimum Gasteiger partial charge on any atom is -0.444 e. The zero-order chi connectivity index (χ0) is 17.9. The van der Waals surface area contributed by atoms with Gasteiger partial charge in [-0.25, -0.2) is 10.3 Å². The van der Waals surface area contributed by atoms with Gasteiger partial charge >= 0.3 is 6.09 Å². The number of alkyl carbamates (subject to hydrolysis) is 1. The van der Waals surface area contributed by atoms with Crippen molar-refractivity contribution < 1.29 is 19.2 Å². The molecular weight excluding hydrogens is 310 g/mol. The fourth-order valence-corrected chi connectivity index (χ4v) is 2.47. The average molecular weight is 333 g/mol. The van der Waals surface area contributed by atoms with E-state index in [1.807, 2.05) is 42.1 Å². The molecule has 0 bridgehead atoms. The second-order valence-electron chi connectivity index (χ2n) is 6.46. The Bertz CT molecular complexity index is 746. The van der Waals surface area contributed by atoms with E-state index in [-0.39, 0.29) is 0 Å². The van der Waals surface area contributed by atoms with Crippen LogP contribution in [0.15, 0.2) is 30.5 Å². The molecule has 0 aliphatic heterocycles. The molecule has 0 unspecified atom stereocenters. The molecule has 0 saturated carbocycles. The summed E-state index contributed by atoms with van der Waals surface area (Å²) in [4.78, 5) is 29.2. The highest BCUT2D eigenvalue weighted by atomic mass is 16.6. The van der Waals surface area contributed by atoms with Crippen LogP contribution in [-0.4, -0.2) is 29.3 Å². The molecular formula is C17H23N3O4. The molecule has 0 saturated heterocycles. The lowest BCUT2D eigenvalue weighted by atomic mass is 10.1. The molecule has 24 heavy (non-hydrogen) atoms. The van der Waals surface area contributed by atoms with Crippen LogP contribution in [-0.2, 0) is 21.4 Å². The summed E-state index contributed by atoms with van der Waals surface area (Å²) in [5, 5.41) is 3.48. The van der Waals surface area contributed by atoms with E-state index >= 15 is 0 Å². The fraction of sp³-hybridized carbons (Fsp3) is 0.412. The molecule has 1 atom stereocenters. The van der Waals surface area contributed by atoms with Crippen LogP contribution in [0.25, 0.3) is 10.9 Å². The Morgan fingerprint density at radius 2 is 1.88 bits per heavy atom. The molecule has 1 heterocycles. The molecule has 2 rings (SSSR count). The van der Waals surface area contributed by atoms with Gasteiger partial charge in [0.2, 0.25) is 0 Å². The summed E-state index contributed by atoms with van der Waals surface area (Å²) in [6.07, 6.45) is 1.13. The molecule has 0 aliphatic carbocycles. The summed E-state index contributed by atoms with van der Waals surface area (Å²) in [5.41, 5.74) is 3.22. The Hall–Kier alpha value is -2.54. The summed E-state index contributed by atoms with van der Waals surface area (Å²) in [7, 11) is 3.22. The topological polar surface area (TPSA) is 81.6 Å². The predicted octanol–water partition coefficient (Wildman–Crippen LogP) is 2.42. The SMILES string of the molecule is CONC(=O)[C@@H](NC(=O)OC(C)(C)C)c1cn(C)c2ccccc12. The van der Waals surface area contributed by atoms with Gasteiger partial charge in [-0.15, -0.1) is 0 Å². The summed E-state index contributed by atoms with van der Waals surface area (Å²) < 4.78 is 7.16. The number of carbonyl (C=O) groups is 2. The van der Waals surface area contributed by atoms with Gasteiger partial charge in [0, 0.05) is 29.7 Å². The number of fused-ring (bicyclic) bond motifs is 1. The molecule has 1 aromatic heterocycles. The van der Waals surface area contributed by atoms with E-state index in [4.69, 9.17) is 9.57 Å². The molecule has 0 aliphatic rings. The highest BCUT2D eigenvalue weighted by molar-refractivity contribution is 5.93. The number of nitrogens with zero attached hydrogens (tertiary/aromatic N) is 1. The zero-order valence-electron chi connectivity index (χ0n) is 14.5. The van der Waals surface area contributed by atoms with Crippen molar-refractivity contribution in [1.29, 1.82) is 0 Å². The number of hydrogen-bond acceptors (Lipinski definition) is 4. The lowest BCUT2D eigenvalue weighted by Gasteiger charge is -2.23. The Morgan fingerprint density at radius 3 is 2.50 bits per heavy atom. The second-order valence-corrected chi connectivity index (χ2v) is 6.46. The molecule has 7 heteroatoms. The van der Waals surface area contributed by atoms with Crippen LogP contribution < -0.4 is 10.8 Å². The third-order valence-corrected chi connectivity index (χ3v) is 3.36. The first-order valence-electron chi connectivity index (χ1n) is 7.59. The first kappa shape index (κ1) is 17.8.